The molecule has 8 heteroatoms. The van der Waals surface area contributed by atoms with Gasteiger partial charge in [-0.1, -0.05) is 0 Å². The van der Waals surface area contributed by atoms with Crippen molar-refractivity contribution >= 4 is 29.2 Å². The van der Waals surface area contributed by atoms with Crippen LogP contribution < -0.4 is 10.1 Å². The molecule has 110 valence electrons. The Morgan fingerprint density at radius 1 is 1.40 bits per heavy atom. The Morgan fingerprint density at radius 2 is 2.10 bits per heavy atom. The quantitative estimate of drug-likeness (QED) is 0.725. The molecule has 0 radical (unpaired) electrons. The van der Waals surface area contributed by atoms with Crippen LogP contribution in [0, 0.1) is 0 Å². The van der Waals surface area contributed by atoms with E-state index in [9.17, 15) is 14.4 Å². The van der Waals surface area contributed by atoms with E-state index in [0.717, 1.165) is 11.3 Å². The highest BCUT2D eigenvalue weighted by Gasteiger charge is 2.22. The first kappa shape index (κ1) is 16.0. The van der Waals surface area contributed by atoms with Gasteiger partial charge in [-0.25, -0.2) is 4.79 Å². The zero-order valence-electron chi connectivity index (χ0n) is 11.0. The van der Waals surface area contributed by atoms with Gasteiger partial charge in [0.05, 0.1) is 19.1 Å². The van der Waals surface area contributed by atoms with Gasteiger partial charge in [0.1, 0.15) is 11.8 Å². The Balaban J connectivity index is 2.63. The number of methoxy groups -OCH3 is 2. The van der Waals surface area contributed by atoms with Crippen molar-refractivity contribution in [3.63, 3.8) is 0 Å². The number of carbonyl (C=O) groups is 3. The molecular formula is C12H15NO6S. The minimum Gasteiger partial charge on any atom is -0.496 e. The largest absolute Gasteiger partial charge is 0.496 e. The van der Waals surface area contributed by atoms with E-state index >= 15 is 0 Å². The number of thiophene rings is 1. The normalized spacial score (nSPS) is 11.5. The van der Waals surface area contributed by atoms with Gasteiger partial charge in [0, 0.05) is 17.9 Å². The Hall–Kier alpha value is -2.09. The number of hydrogen-bond donors (Lipinski definition) is 2. The molecule has 7 nitrogen and oxygen atoms in total. The molecule has 1 aromatic rings. The van der Waals surface area contributed by atoms with E-state index in [1.165, 1.54) is 20.3 Å². The first-order valence-electron chi connectivity index (χ1n) is 5.71. The minimum atomic E-state index is -1.20. The molecule has 1 unspecified atom stereocenters. The summed E-state index contributed by atoms with van der Waals surface area (Å²) in [7, 11) is 2.69. The molecule has 2 N–H and O–H groups in total. The van der Waals surface area contributed by atoms with E-state index in [1.54, 1.807) is 5.38 Å². The third kappa shape index (κ3) is 4.54. The molecule has 1 aromatic heterocycles. The van der Waals surface area contributed by atoms with Crippen molar-refractivity contribution in [3.05, 3.63) is 16.3 Å². The number of carboxylic acids is 1. The molecule has 1 rings (SSSR count). The van der Waals surface area contributed by atoms with Gasteiger partial charge in [-0.15, -0.1) is 11.3 Å². The molecule has 0 spiro atoms. The van der Waals surface area contributed by atoms with E-state index in [0.29, 0.717) is 10.6 Å². The highest BCUT2D eigenvalue weighted by atomic mass is 32.1. The predicted molar refractivity (Wildman–Crippen MR) is 71.0 cm³/mol. The second-order valence-electron chi connectivity index (χ2n) is 3.83. The van der Waals surface area contributed by atoms with Crippen LogP contribution in [0.4, 0.5) is 0 Å². The minimum absolute atomic E-state index is 0.0315. The number of ether oxygens (including phenoxy) is 2. The SMILES string of the molecule is COC(=O)CCC(NC(=O)c1cc(OC)cs1)C(=O)O. The predicted octanol–water partition coefficient (Wildman–Crippen LogP) is 0.893. The van der Waals surface area contributed by atoms with Crippen molar-refractivity contribution in [1.29, 1.82) is 0 Å². The Morgan fingerprint density at radius 3 is 2.60 bits per heavy atom. The van der Waals surface area contributed by atoms with Crippen molar-refractivity contribution in [3.8, 4) is 5.75 Å². The van der Waals surface area contributed by atoms with Gasteiger partial charge in [0.15, 0.2) is 0 Å². The number of carbonyl (C=O) groups excluding carboxylic acids is 2. The molecule has 0 aliphatic carbocycles. The highest BCUT2D eigenvalue weighted by molar-refractivity contribution is 7.12. The van der Waals surface area contributed by atoms with Crippen molar-refractivity contribution in [2.24, 2.45) is 0 Å². The summed E-state index contributed by atoms with van der Waals surface area (Å²) in [5, 5.41) is 13.0. The number of aliphatic carboxylic acids is 1. The van der Waals surface area contributed by atoms with Gasteiger partial charge in [0.2, 0.25) is 0 Å². The van der Waals surface area contributed by atoms with Crippen LogP contribution in [0.15, 0.2) is 11.4 Å². The molecule has 0 aliphatic rings. The Kier molecular flexibility index (Phi) is 5.98. The van der Waals surface area contributed by atoms with Crippen LogP contribution >= 0.6 is 11.3 Å². The highest BCUT2D eigenvalue weighted by Crippen LogP contribution is 2.21. The van der Waals surface area contributed by atoms with E-state index < -0.39 is 23.9 Å². The van der Waals surface area contributed by atoms with Crippen LogP contribution in [0.2, 0.25) is 0 Å². The number of esters is 1. The lowest BCUT2D eigenvalue weighted by molar-refractivity contribution is -0.142. The lowest BCUT2D eigenvalue weighted by atomic mass is 10.1. The van der Waals surface area contributed by atoms with Gasteiger partial charge in [0.25, 0.3) is 5.91 Å². The topological polar surface area (TPSA) is 102 Å². The Bertz CT molecular complexity index is 498. The van der Waals surface area contributed by atoms with Crippen molar-refractivity contribution in [1.82, 2.24) is 5.32 Å². The van der Waals surface area contributed by atoms with Crippen LogP contribution in [0.5, 0.6) is 5.75 Å². The summed E-state index contributed by atoms with van der Waals surface area (Å²) in [6.45, 7) is 0. The maximum atomic E-state index is 11.9. The van der Waals surface area contributed by atoms with Crippen LogP contribution in [0.25, 0.3) is 0 Å². The third-order valence-corrected chi connectivity index (χ3v) is 3.41. The van der Waals surface area contributed by atoms with Crippen molar-refractivity contribution in [2.45, 2.75) is 18.9 Å². The summed E-state index contributed by atoms with van der Waals surface area (Å²) in [6, 6.07) is 0.369. The van der Waals surface area contributed by atoms with E-state index in [1.807, 2.05) is 0 Å². The lowest BCUT2D eigenvalue weighted by Crippen LogP contribution is -2.40. The van der Waals surface area contributed by atoms with E-state index in [-0.39, 0.29) is 12.8 Å². The maximum absolute atomic E-state index is 11.9. The maximum Gasteiger partial charge on any atom is 0.326 e. The molecule has 0 saturated carbocycles. The standard InChI is InChI=1S/C12H15NO6S/c1-18-7-5-9(20-6-7)11(15)13-8(12(16)17)3-4-10(14)19-2/h5-6,8H,3-4H2,1-2H3,(H,13,15)(H,16,17). The first-order valence-corrected chi connectivity index (χ1v) is 6.59. The smallest absolute Gasteiger partial charge is 0.326 e. The fourth-order valence-corrected chi connectivity index (χ4v) is 2.15. The Labute approximate surface area is 119 Å². The molecule has 20 heavy (non-hydrogen) atoms. The van der Waals surface area contributed by atoms with Gasteiger partial charge < -0.3 is 19.9 Å². The van der Waals surface area contributed by atoms with Gasteiger partial charge in [-0.2, -0.15) is 0 Å². The van der Waals surface area contributed by atoms with Crippen molar-refractivity contribution in [2.75, 3.05) is 14.2 Å². The second-order valence-corrected chi connectivity index (χ2v) is 4.74. The molecule has 0 fully saturated rings. The number of hydrogen-bond acceptors (Lipinski definition) is 6. The molecule has 0 aromatic carbocycles. The fraction of sp³-hybridized carbons (Fsp3) is 0.417. The monoisotopic (exact) mass is 301 g/mol. The van der Waals surface area contributed by atoms with Gasteiger partial charge in [-0.3, -0.25) is 9.59 Å². The molecule has 1 atom stereocenters. The lowest BCUT2D eigenvalue weighted by Gasteiger charge is -2.13. The second kappa shape index (κ2) is 7.49. The summed E-state index contributed by atoms with van der Waals surface area (Å²) in [4.78, 5) is 34.2. The first-order chi connectivity index (χ1) is 9.47. The number of rotatable bonds is 7. The molecule has 0 bridgehead atoms. The zero-order chi connectivity index (χ0) is 15.1. The molecule has 1 heterocycles. The summed E-state index contributed by atoms with van der Waals surface area (Å²) in [5.41, 5.74) is 0. The van der Waals surface area contributed by atoms with Crippen LogP contribution in [-0.4, -0.2) is 43.2 Å². The fourth-order valence-electron chi connectivity index (χ4n) is 1.40. The summed E-state index contributed by atoms with van der Waals surface area (Å²) < 4.78 is 9.37. The van der Waals surface area contributed by atoms with E-state index in [4.69, 9.17) is 9.84 Å². The average molecular weight is 301 g/mol. The van der Waals surface area contributed by atoms with Crippen LogP contribution in [-0.2, 0) is 14.3 Å². The molecule has 0 saturated heterocycles. The third-order valence-electron chi connectivity index (χ3n) is 2.50. The van der Waals surface area contributed by atoms with Crippen LogP contribution in [0.3, 0.4) is 0 Å². The molecule has 0 aliphatic heterocycles. The number of carboxylic acid groups (broad SMARTS) is 1. The van der Waals surface area contributed by atoms with Gasteiger partial charge in [-0.05, 0) is 6.42 Å². The number of amides is 1. The van der Waals surface area contributed by atoms with Gasteiger partial charge >= 0.3 is 11.9 Å². The van der Waals surface area contributed by atoms with E-state index in [2.05, 4.69) is 10.1 Å². The average Bonchev–Trinajstić information content (AvgIpc) is 2.91. The number of nitrogens with one attached hydrogen (secondary N) is 1. The van der Waals surface area contributed by atoms with Crippen LogP contribution in [0.1, 0.15) is 22.5 Å². The summed E-state index contributed by atoms with van der Waals surface area (Å²) >= 11 is 1.14. The molecular weight excluding hydrogens is 286 g/mol. The molecule has 1 amide bonds. The zero-order valence-corrected chi connectivity index (χ0v) is 11.9. The van der Waals surface area contributed by atoms with Crippen molar-refractivity contribution < 1.29 is 29.0 Å². The summed E-state index contributed by atoms with van der Waals surface area (Å²) in [5.74, 6) is -1.72. The summed E-state index contributed by atoms with van der Waals surface area (Å²) in [6.07, 6.45) is -0.113.